The molecule has 1 aliphatic rings. The smallest absolute Gasteiger partial charge is 0.221 e. The van der Waals surface area contributed by atoms with Crippen molar-refractivity contribution in [2.75, 3.05) is 30.8 Å². The maximum Gasteiger partial charge on any atom is 0.221 e. The first-order valence-corrected chi connectivity index (χ1v) is 5.25. The molecule has 3 N–H and O–H groups in total. The minimum absolute atomic E-state index is 0.309. The molecule has 1 unspecified atom stereocenters. The fourth-order valence-electron chi connectivity index (χ4n) is 1.69. The van der Waals surface area contributed by atoms with Gasteiger partial charge in [-0.1, -0.05) is 0 Å². The molecule has 2 heterocycles. The van der Waals surface area contributed by atoms with Gasteiger partial charge in [-0.3, -0.25) is 0 Å². The van der Waals surface area contributed by atoms with Gasteiger partial charge in [-0.25, -0.2) is 4.98 Å². The number of nitrogens with one attached hydrogen (secondary N) is 1. The molecule has 0 spiro atoms. The molecule has 0 aliphatic carbocycles. The van der Waals surface area contributed by atoms with Crippen LogP contribution in [-0.2, 0) is 4.74 Å². The van der Waals surface area contributed by atoms with Crippen molar-refractivity contribution in [3.8, 4) is 0 Å². The molecule has 0 radical (unpaired) electrons. The van der Waals surface area contributed by atoms with E-state index < -0.39 is 0 Å². The Morgan fingerprint density at radius 2 is 2.53 bits per heavy atom. The Morgan fingerprint density at radius 1 is 1.60 bits per heavy atom. The third-order valence-corrected chi connectivity index (χ3v) is 2.56. The Morgan fingerprint density at radius 3 is 3.27 bits per heavy atom. The van der Waals surface area contributed by atoms with Crippen molar-refractivity contribution in [1.82, 2.24) is 9.97 Å². The molecule has 1 saturated heterocycles. The van der Waals surface area contributed by atoms with Crippen LogP contribution in [0.15, 0.2) is 12.3 Å². The predicted octanol–water partition coefficient (Wildman–Crippen LogP) is 0.897. The Labute approximate surface area is 89.1 Å². The van der Waals surface area contributed by atoms with Crippen LogP contribution in [-0.4, -0.2) is 29.7 Å². The number of ether oxygens (including phenoxy) is 1. The first-order chi connectivity index (χ1) is 7.34. The standard InChI is InChI=1S/C10H16N4O/c11-10-13-5-2-9(14-10)12-4-1-8-3-6-15-7-8/h2,5,8H,1,3-4,6-7H2,(H3,11,12,13,14). The summed E-state index contributed by atoms with van der Waals surface area (Å²) in [7, 11) is 0. The van der Waals surface area contributed by atoms with Crippen molar-refractivity contribution >= 4 is 11.8 Å². The average Bonchev–Trinajstić information content (AvgIpc) is 2.71. The van der Waals surface area contributed by atoms with Crippen molar-refractivity contribution in [2.24, 2.45) is 5.92 Å². The van der Waals surface area contributed by atoms with Gasteiger partial charge in [0.2, 0.25) is 5.95 Å². The molecule has 0 bridgehead atoms. The number of hydrogen-bond acceptors (Lipinski definition) is 5. The molecule has 15 heavy (non-hydrogen) atoms. The number of nitrogens with zero attached hydrogens (tertiary/aromatic N) is 2. The molecule has 5 nitrogen and oxygen atoms in total. The number of aromatic nitrogens is 2. The van der Waals surface area contributed by atoms with Gasteiger partial charge in [-0.2, -0.15) is 4.98 Å². The van der Waals surface area contributed by atoms with Crippen LogP contribution in [0.4, 0.5) is 11.8 Å². The second-order valence-electron chi connectivity index (χ2n) is 3.75. The van der Waals surface area contributed by atoms with E-state index in [1.54, 1.807) is 6.20 Å². The Bertz CT molecular complexity index is 312. The molecule has 0 saturated carbocycles. The minimum Gasteiger partial charge on any atom is -0.381 e. The van der Waals surface area contributed by atoms with Crippen molar-refractivity contribution in [3.63, 3.8) is 0 Å². The van der Waals surface area contributed by atoms with E-state index in [9.17, 15) is 0 Å². The largest absolute Gasteiger partial charge is 0.381 e. The summed E-state index contributed by atoms with van der Waals surface area (Å²) < 4.78 is 5.31. The van der Waals surface area contributed by atoms with Crippen molar-refractivity contribution in [2.45, 2.75) is 12.8 Å². The van der Waals surface area contributed by atoms with Gasteiger partial charge in [0.15, 0.2) is 0 Å². The van der Waals surface area contributed by atoms with Crippen molar-refractivity contribution in [3.05, 3.63) is 12.3 Å². The molecule has 0 amide bonds. The summed E-state index contributed by atoms with van der Waals surface area (Å²) in [6, 6.07) is 1.82. The third kappa shape index (κ3) is 3.06. The molecule has 2 rings (SSSR count). The SMILES string of the molecule is Nc1nccc(NCCC2CCOC2)n1. The van der Waals surface area contributed by atoms with Crippen LogP contribution >= 0.6 is 0 Å². The van der Waals surface area contributed by atoms with Gasteiger partial charge in [0.1, 0.15) is 5.82 Å². The lowest BCUT2D eigenvalue weighted by molar-refractivity contribution is 0.185. The van der Waals surface area contributed by atoms with E-state index in [1.165, 1.54) is 6.42 Å². The highest BCUT2D eigenvalue weighted by Crippen LogP contribution is 2.16. The predicted molar refractivity (Wildman–Crippen MR) is 58.5 cm³/mol. The molecule has 82 valence electrons. The minimum atomic E-state index is 0.309. The number of anilines is 2. The second-order valence-corrected chi connectivity index (χ2v) is 3.75. The maximum absolute atomic E-state index is 5.47. The summed E-state index contributed by atoms with van der Waals surface area (Å²) in [6.45, 7) is 2.71. The first-order valence-electron chi connectivity index (χ1n) is 5.25. The summed E-state index contributed by atoms with van der Waals surface area (Å²) in [6.07, 6.45) is 3.95. The van der Waals surface area contributed by atoms with E-state index in [2.05, 4.69) is 15.3 Å². The van der Waals surface area contributed by atoms with Crippen molar-refractivity contribution in [1.29, 1.82) is 0 Å². The molecule has 1 aliphatic heterocycles. The number of rotatable bonds is 4. The number of nitrogen functional groups attached to an aromatic ring is 1. The Hall–Kier alpha value is -1.36. The van der Waals surface area contributed by atoms with E-state index in [0.717, 1.165) is 32.0 Å². The van der Waals surface area contributed by atoms with Gasteiger partial charge in [-0.15, -0.1) is 0 Å². The van der Waals surface area contributed by atoms with E-state index in [1.807, 2.05) is 6.07 Å². The fourth-order valence-corrected chi connectivity index (χ4v) is 1.69. The van der Waals surface area contributed by atoms with Crippen LogP contribution in [0.25, 0.3) is 0 Å². The summed E-state index contributed by atoms with van der Waals surface area (Å²) in [5.41, 5.74) is 5.47. The zero-order valence-electron chi connectivity index (χ0n) is 8.65. The monoisotopic (exact) mass is 208 g/mol. The lowest BCUT2D eigenvalue weighted by Gasteiger charge is -2.08. The van der Waals surface area contributed by atoms with E-state index in [4.69, 9.17) is 10.5 Å². The highest BCUT2D eigenvalue weighted by Gasteiger charge is 2.14. The molecule has 1 aromatic heterocycles. The van der Waals surface area contributed by atoms with Crippen LogP contribution < -0.4 is 11.1 Å². The van der Waals surface area contributed by atoms with Gasteiger partial charge in [0.05, 0.1) is 0 Å². The maximum atomic E-state index is 5.47. The van der Waals surface area contributed by atoms with E-state index in [-0.39, 0.29) is 0 Å². The van der Waals surface area contributed by atoms with Gasteiger partial charge in [0, 0.05) is 26.0 Å². The Kier molecular flexibility index (Phi) is 3.34. The molecular weight excluding hydrogens is 192 g/mol. The third-order valence-electron chi connectivity index (χ3n) is 2.56. The fraction of sp³-hybridized carbons (Fsp3) is 0.600. The second kappa shape index (κ2) is 4.93. The van der Waals surface area contributed by atoms with Crippen LogP contribution in [0.5, 0.6) is 0 Å². The first kappa shape index (κ1) is 10.2. The van der Waals surface area contributed by atoms with Crippen LogP contribution in [0.2, 0.25) is 0 Å². The normalized spacial score (nSPS) is 20.4. The summed E-state index contributed by atoms with van der Waals surface area (Å²) in [5, 5.41) is 3.23. The molecule has 5 heteroatoms. The van der Waals surface area contributed by atoms with Crippen LogP contribution in [0.1, 0.15) is 12.8 Å². The van der Waals surface area contributed by atoms with Gasteiger partial charge < -0.3 is 15.8 Å². The molecule has 0 aromatic carbocycles. The van der Waals surface area contributed by atoms with Gasteiger partial charge >= 0.3 is 0 Å². The summed E-state index contributed by atoms with van der Waals surface area (Å²) >= 11 is 0. The lowest BCUT2D eigenvalue weighted by Crippen LogP contribution is -2.10. The number of nitrogens with two attached hydrogens (primary N) is 1. The zero-order valence-corrected chi connectivity index (χ0v) is 8.65. The average molecular weight is 208 g/mol. The lowest BCUT2D eigenvalue weighted by atomic mass is 10.1. The summed E-state index contributed by atoms with van der Waals surface area (Å²) in [4.78, 5) is 7.89. The van der Waals surface area contributed by atoms with Crippen LogP contribution in [0, 0.1) is 5.92 Å². The Balaban J connectivity index is 1.73. The quantitative estimate of drug-likeness (QED) is 0.769. The summed E-state index contributed by atoms with van der Waals surface area (Å²) in [5.74, 6) is 1.79. The van der Waals surface area contributed by atoms with E-state index >= 15 is 0 Å². The van der Waals surface area contributed by atoms with Gasteiger partial charge in [0.25, 0.3) is 0 Å². The van der Waals surface area contributed by atoms with Gasteiger partial charge in [-0.05, 0) is 24.8 Å². The highest BCUT2D eigenvalue weighted by atomic mass is 16.5. The number of hydrogen-bond donors (Lipinski definition) is 2. The zero-order chi connectivity index (χ0) is 10.5. The topological polar surface area (TPSA) is 73.1 Å². The molecule has 1 fully saturated rings. The van der Waals surface area contributed by atoms with Crippen molar-refractivity contribution < 1.29 is 4.74 Å². The molecular formula is C10H16N4O. The van der Waals surface area contributed by atoms with E-state index in [0.29, 0.717) is 11.9 Å². The van der Waals surface area contributed by atoms with Crippen LogP contribution in [0.3, 0.4) is 0 Å². The molecule has 1 atom stereocenters. The highest BCUT2D eigenvalue weighted by molar-refractivity contribution is 5.37. The molecule has 1 aromatic rings.